The number of nitrogens with zero attached hydrogens (tertiary/aromatic N) is 3. The minimum absolute atomic E-state index is 0.138. The Morgan fingerprint density at radius 3 is 2.34 bits per heavy atom. The zero-order valence-corrected chi connectivity index (χ0v) is 15.5. The number of nitrogens with one attached hydrogen (secondary N) is 1. The fourth-order valence-electron chi connectivity index (χ4n) is 2.23. The average Bonchev–Trinajstić information content (AvgIpc) is 2.68. The van der Waals surface area contributed by atoms with Crippen LogP contribution in [0.2, 0.25) is 0 Å². The Kier molecular flexibility index (Phi) is 6.69. The van der Waals surface area contributed by atoms with Crippen molar-refractivity contribution in [3.05, 3.63) is 58.1 Å². The number of nitrogens with two attached hydrogens (primary N) is 1. The topological polar surface area (TPSA) is 166 Å². The largest absolute Gasteiger partial charge is 0.496 e. The highest BCUT2D eigenvalue weighted by Gasteiger charge is 2.24. The van der Waals surface area contributed by atoms with E-state index in [0.29, 0.717) is 5.69 Å². The highest BCUT2D eigenvalue weighted by molar-refractivity contribution is 6.10. The van der Waals surface area contributed by atoms with Gasteiger partial charge in [-0.15, -0.1) is 5.11 Å². The molecule has 0 saturated carbocycles. The molecule has 2 amide bonds. The Hall–Kier alpha value is -4.15. The second-order valence-corrected chi connectivity index (χ2v) is 5.77. The van der Waals surface area contributed by atoms with Crippen molar-refractivity contribution in [1.29, 1.82) is 0 Å². The number of azo groups is 1. The summed E-state index contributed by atoms with van der Waals surface area (Å²) in [6.07, 6.45) is 0. The molecule has 1 unspecified atom stereocenters. The maximum atomic E-state index is 12.4. The standard InChI is InChI=1S/C18H17N5O6/c1-10(24)16(18(26)20-12-5-3-11(4-6-12)17(19)25)22-21-14-8-7-13(29-2)9-15(14)23(27)28/h3-9,16H,1-2H3,(H2,19,25)(H,20,26). The summed E-state index contributed by atoms with van der Waals surface area (Å²) in [7, 11) is 1.35. The fraction of sp³-hybridized carbons (Fsp3) is 0.167. The molecule has 11 heteroatoms. The van der Waals surface area contributed by atoms with E-state index in [1.165, 1.54) is 43.5 Å². The third-order valence-corrected chi connectivity index (χ3v) is 3.73. The number of amides is 2. The molecule has 0 aromatic heterocycles. The number of hydrogen-bond donors (Lipinski definition) is 2. The van der Waals surface area contributed by atoms with Crippen LogP contribution < -0.4 is 15.8 Å². The van der Waals surface area contributed by atoms with Crippen molar-refractivity contribution in [3.8, 4) is 5.75 Å². The predicted octanol–water partition coefficient (Wildman–Crippen LogP) is 2.38. The lowest BCUT2D eigenvalue weighted by molar-refractivity contribution is -0.384. The minimum Gasteiger partial charge on any atom is -0.496 e. The van der Waals surface area contributed by atoms with Crippen molar-refractivity contribution in [2.45, 2.75) is 13.0 Å². The minimum atomic E-state index is -1.52. The molecule has 150 valence electrons. The second kappa shape index (κ2) is 9.17. The van der Waals surface area contributed by atoms with Crippen LogP contribution in [0, 0.1) is 10.1 Å². The zero-order valence-electron chi connectivity index (χ0n) is 15.5. The molecule has 29 heavy (non-hydrogen) atoms. The van der Waals surface area contributed by atoms with Gasteiger partial charge in [0.25, 0.3) is 11.6 Å². The summed E-state index contributed by atoms with van der Waals surface area (Å²) in [6, 6.07) is 8.03. The molecule has 3 N–H and O–H groups in total. The van der Waals surface area contributed by atoms with Crippen molar-refractivity contribution in [2.24, 2.45) is 16.0 Å². The van der Waals surface area contributed by atoms with Gasteiger partial charge in [0.15, 0.2) is 11.5 Å². The van der Waals surface area contributed by atoms with Crippen LogP contribution in [-0.4, -0.2) is 35.7 Å². The Labute approximate surface area is 164 Å². The number of methoxy groups -OCH3 is 1. The summed E-state index contributed by atoms with van der Waals surface area (Å²) in [6.45, 7) is 1.14. The Morgan fingerprint density at radius 1 is 1.17 bits per heavy atom. The van der Waals surface area contributed by atoms with Crippen LogP contribution in [0.25, 0.3) is 0 Å². The summed E-state index contributed by atoms with van der Waals surface area (Å²) in [4.78, 5) is 45.8. The van der Waals surface area contributed by atoms with E-state index in [0.717, 1.165) is 13.0 Å². The number of benzene rings is 2. The van der Waals surface area contributed by atoms with Crippen LogP contribution in [0.1, 0.15) is 17.3 Å². The molecule has 0 radical (unpaired) electrons. The molecular weight excluding hydrogens is 382 g/mol. The van der Waals surface area contributed by atoms with E-state index < -0.39 is 34.3 Å². The quantitative estimate of drug-likeness (QED) is 0.299. The number of anilines is 1. The summed E-state index contributed by atoms with van der Waals surface area (Å²) >= 11 is 0. The van der Waals surface area contributed by atoms with E-state index in [9.17, 15) is 24.5 Å². The zero-order chi connectivity index (χ0) is 21.6. The second-order valence-electron chi connectivity index (χ2n) is 5.77. The maximum absolute atomic E-state index is 12.4. The number of carbonyl (C=O) groups excluding carboxylic acids is 3. The highest BCUT2D eigenvalue weighted by Crippen LogP contribution is 2.31. The Balaban J connectivity index is 2.23. The molecule has 0 spiro atoms. The van der Waals surface area contributed by atoms with E-state index in [-0.39, 0.29) is 17.0 Å². The first-order chi connectivity index (χ1) is 13.7. The number of nitro groups is 1. The molecule has 0 fully saturated rings. The number of carbonyl (C=O) groups is 3. The van der Waals surface area contributed by atoms with E-state index in [4.69, 9.17) is 10.5 Å². The lowest BCUT2D eigenvalue weighted by atomic mass is 10.1. The summed E-state index contributed by atoms with van der Waals surface area (Å²) < 4.78 is 4.93. The number of primary amides is 1. The highest BCUT2D eigenvalue weighted by atomic mass is 16.6. The number of rotatable bonds is 8. The molecule has 1 atom stereocenters. The van der Waals surface area contributed by atoms with Crippen molar-refractivity contribution < 1.29 is 24.0 Å². The van der Waals surface area contributed by atoms with E-state index in [1.54, 1.807) is 0 Å². The van der Waals surface area contributed by atoms with Gasteiger partial charge in [-0.25, -0.2) is 0 Å². The molecule has 2 aromatic carbocycles. The van der Waals surface area contributed by atoms with Gasteiger partial charge in [0.2, 0.25) is 11.9 Å². The first kappa shape index (κ1) is 21.2. The van der Waals surface area contributed by atoms with Gasteiger partial charge in [-0.2, -0.15) is 5.11 Å². The van der Waals surface area contributed by atoms with Gasteiger partial charge in [0.05, 0.1) is 18.1 Å². The number of ketones is 1. The van der Waals surface area contributed by atoms with Crippen LogP contribution in [0.3, 0.4) is 0 Å². The van der Waals surface area contributed by atoms with Crippen LogP contribution in [0.15, 0.2) is 52.7 Å². The average molecular weight is 399 g/mol. The van der Waals surface area contributed by atoms with Gasteiger partial charge in [-0.1, -0.05) is 0 Å². The van der Waals surface area contributed by atoms with Gasteiger partial charge >= 0.3 is 0 Å². The molecule has 0 saturated heterocycles. The third-order valence-electron chi connectivity index (χ3n) is 3.73. The van der Waals surface area contributed by atoms with Crippen molar-refractivity contribution >= 4 is 34.7 Å². The van der Waals surface area contributed by atoms with Crippen LogP contribution in [-0.2, 0) is 9.59 Å². The summed E-state index contributed by atoms with van der Waals surface area (Å²) in [5, 5.41) is 21.0. The first-order valence-electron chi connectivity index (χ1n) is 8.17. The number of nitro benzene ring substituents is 1. The normalized spacial score (nSPS) is 11.7. The van der Waals surface area contributed by atoms with Crippen LogP contribution in [0.5, 0.6) is 5.75 Å². The van der Waals surface area contributed by atoms with Crippen LogP contribution >= 0.6 is 0 Å². The Bertz CT molecular complexity index is 987. The van der Waals surface area contributed by atoms with Crippen molar-refractivity contribution in [2.75, 3.05) is 12.4 Å². The summed E-state index contributed by atoms with van der Waals surface area (Å²) in [5.41, 5.74) is 5.17. The molecule has 0 aliphatic heterocycles. The van der Waals surface area contributed by atoms with Gasteiger partial charge in [-0.3, -0.25) is 24.5 Å². The SMILES string of the molecule is COc1ccc(N=NC(C(C)=O)C(=O)Nc2ccc(C(N)=O)cc2)c([N+](=O)[O-])c1. The smallest absolute Gasteiger partial charge is 0.300 e. The lowest BCUT2D eigenvalue weighted by Crippen LogP contribution is -2.31. The first-order valence-corrected chi connectivity index (χ1v) is 8.17. The maximum Gasteiger partial charge on any atom is 0.300 e. The summed E-state index contributed by atoms with van der Waals surface area (Å²) in [5.74, 6) is -1.78. The molecule has 0 aliphatic carbocycles. The fourth-order valence-corrected chi connectivity index (χ4v) is 2.23. The molecular formula is C18H17N5O6. The molecule has 2 rings (SSSR count). The van der Waals surface area contributed by atoms with Gasteiger partial charge in [0.1, 0.15) is 5.75 Å². The van der Waals surface area contributed by atoms with Gasteiger partial charge in [-0.05, 0) is 43.3 Å². The van der Waals surface area contributed by atoms with Crippen molar-refractivity contribution in [3.63, 3.8) is 0 Å². The third kappa shape index (κ3) is 5.42. The van der Waals surface area contributed by atoms with Crippen molar-refractivity contribution in [1.82, 2.24) is 0 Å². The van der Waals surface area contributed by atoms with Crippen LogP contribution in [0.4, 0.5) is 17.1 Å². The molecule has 2 aromatic rings. The molecule has 0 aliphatic rings. The monoisotopic (exact) mass is 399 g/mol. The molecule has 0 bridgehead atoms. The number of ether oxygens (including phenoxy) is 1. The molecule has 11 nitrogen and oxygen atoms in total. The van der Waals surface area contributed by atoms with E-state index in [2.05, 4.69) is 15.5 Å². The lowest BCUT2D eigenvalue weighted by Gasteiger charge is -2.09. The van der Waals surface area contributed by atoms with Gasteiger partial charge in [0, 0.05) is 11.3 Å². The van der Waals surface area contributed by atoms with E-state index in [1.807, 2.05) is 0 Å². The number of hydrogen-bond acceptors (Lipinski definition) is 8. The van der Waals surface area contributed by atoms with Gasteiger partial charge < -0.3 is 15.8 Å². The predicted molar refractivity (Wildman–Crippen MR) is 102 cm³/mol. The van der Waals surface area contributed by atoms with E-state index >= 15 is 0 Å². The Morgan fingerprint density at radius 2 is 1.83 bits per heavy atom. The number of Topliss-reactive ketones (excluding diaryl/α,β-unsaturated/α-hetero) is 1. The molecule has 0 heterocycles.